The SMILES string of the molecule is CC1(C)c2ccccc2-c2cc3c4cccc5c6ccccc6n(c6cccc7c6c3c(c21)n7-c1nc2ccc3ccccc3c2nc1-c1ccccc1)c45. The maximum atomic E-state index is 5.69. The van der Waals surface area contributed by atoms with Gasteiger partial charge in [-0.05, 0) is 63.4 Å². The summed E-state index contributed by atoms with van der Waals surface area (Å²) < 4.78 is 5.00. The number of rotatable bonds is 2. The lowest BCUT2D eigenvalue weighted by Crippen LogP contribution is -2.17. The van der Waals surface area contributed by atoms with Crippen molar-refractivity contribution in [2.75, 3.05) is 0 Å². The van der Waals surface area contributed by atoms with Crippen molar-refractivity contribution >= 4 is 81.7 Å². The van der Waals surface area contributed by atoms with Crippen molar-refractivity contribution in [1.29, 1.82) is 0 Å². The molecule has 1 aliphatic rings. The van der Waals surface area contributed by atoms with Gasteiger partial charge in [0.05, 0.1) is 38.6 Å². The van der Waals surface area contributed by atoms with Gasteiger partial charge in [-0.25, -0.2) is 9.97 Å². The third kappa shape index (κ3) is 3.57. The highest BCUT2D eigenvalue weighted by molar-refractivity contribution is 6.33. The highest BCUT2D eigenvalue weighted by Crippen LogP contribution is 2.56. The number of para-hydroxylation sites is 2. The minimum atomic E-state index is -0.273. The van der Waals surface area contributed by atoms with Crippen molar-refractivity contribution < 1.29 is 0 Å². The largest absolute Gasteiger partial charge is 0.308 e. The molecule has 0 atom stereocenters. The van der Waals surface area contributed by atoms with Crippen LogP contribution in [0.5, 0.6) is 0 Å². The van der Waals surface area contributed by atoms with E-state index in [1.54, 1.807) is 0 Å². The quantitative estimate of drug-likeness (QED) is 0.168. The highest BCUT2D eigenvalue weighted by atomic mass is 15.1. The Morgan fingerprint density at radius 3 is 2.07 bits per heavy atom. The van der Waals surface area contributed by atoms with E-state index < -0.39 is 0 Å². The molecular weight excluding hydrogens is 669 g/mol. The molecule has 55 heavy (non-hydrogen) atoms. The Labute approximate surface area is 315 Å². The van der Waals surface area contributed by atoms with Crippen LogP contribution < -0.4 is 0 Å². The molecule has 0 aliphatic heterocycles. The molecule has 256 valence electrons. The lowest BCUT2D eigenvalue weighted by atomic mass is 9.81. The van der Waals surface area contributed by atoms with Crippen LogP contribution in [0, 0.1) is 0 Å². The lowest BCUT2D eigenvalue weighted by Gasteiger charge is -2.24. The molecule has 4 aromatic heterocycles. The van der Waals surface area contributed by atoms with E-state index >= 15 is 0 Å². The van der Waals surface area contributed by atoms with Crippen LogP contribution in [-0.4, -0.2) is 18.9 Å². The predicted molar refractivity (Wildman–Crippen MR) is 229 cm³/mol. The van der Waals surface area contributed by atoms with Gasteiger partial charge in [0.15, 0.2) is 5.82 Å². The molecule has 1 aliphatic carbocycles. The van der Waals surface area contributed by atoms with E-state index in [-0.39, 0.29) is 5.41 Å². The van der Waals surface area contributed by atoms with Crippen LogP contribution in [0.25, 0.3) is 110 Å². The highest BCUT2D eigenvalue weighted by Gasteiger charge is 2.40. The zero-order chi connectivity index (χ0) is 36.2. The number of fused-ring (bicyclic) bond motifs is 12. The number of nitrogens with zero attached hydrogens (tertiary/aromatic N) is 4. The van der Waals surface area contributed by atoms with Crippen LogP contribution in [-0.2, 0) is 5.41 Å². The summed E-state index contributed by atoms with van der Waals surface area (Å²) >= 11 is 0. The molecule has 0 bridgehead atoms. The summed E-state index contributed by atoms with van der Waals surface area (Å²) in [5, 5.41) is 9.81. The van der Waals surface area contributed by atoms with Crippen LogP contribution in [0.15, 0.2) is 158 Å². The zero-order valence-electron chi connectivity index (χ0n) is 30.3. The fourth-order valence-corrected chi connectivity index (χ4v) is 10.3. The second-order valence-corrected chi connectivity index (χ2v) is 15.7. The smallest absolute Gasteiger partial charge is 0.165 e. The van der Waals surface area contributed by atoms with Gasteiger partial charge in [0.2, 0.25) is 0 Å². The van der Waals surface area contributed by atoms with E-state index in [0.717, 1.165) is 44.4 Å². The van der Waals surface area contributed by atoms with Gasteiger partial charge in [-0.15, -0.1) is 0 Å². The van der Waals surface area contributed by atoms with Crippen molar-refractivity contribution in [3.8, 4) is 28.2 Å². The van der Waals surface area contributed by atoms with Gasteiger partial charge in [0.25, 0.3) is 0 Å². The van der Waals surface area contributed by atoms with Gasteiger partial charge in [0, 0.05) is 43.3 Å². The first kappa shape index (κ1) is 29.4. The monoisotopic (exact) mass is 700 g/mol. The predicted octanol–water partition coefficient (Wildman–Crippen LogP) is 13.0. The first-order chi connectivity index (χ1) is 27.1. The van der Waals surface area contributed by atoms with E-state index in [1.807, 2.05) is 0 Å². The Kier molecular flexibility index (Phi) is 5.42. The Morgan fingerprint density at radius 2 is 1.18 bits per heavy atom. The van der Waals surface area contributed by atoms with Gasteiger partial charge in [-0.1, -0.05) is 141 Å². The van der Waals surface area contributed by atoms with Crippen molar-refractivity contribution in [1.82, 2.24) is 18.9 Å². The summed E-state index contributed by atoms with van der Waals surface area (Å²) in [5.74, 6) is 0.841. The molecule has 4 heteroatoms. The Balaban J connectivity index is 1.33. The van der Waals surface area contributed by atoms with Gasteiger partial charge < -0.3 is 4.40 Å². The summed E-state index contributed by atoms with van der Waals surface area (Å²) in [4.78, 5) is 11.3. The maximum Gasteiger partial charge on any atom is 0.165 e. The normalized spacial score (nSPS) is 13.8. The molecule has 0 amide bonds. The summed E-state index contributed by atoms with van der Waals surface area (Å²) in [5.41, 5.74) is 14.7. The van der Waals surface area contributed by atoms with Crippen molar-refractivity contribution in [3.63, 3.8) is 0 Å². The Hall–Kier alpha value is -7.04. The zero-order valence-corrected chi connectivity index (χ0v) is 30.3. The fourth-order valence-electron chi connectivity index (χ4n) is 10.3. The summed E-state index contributed by atoms with van der Waals surface area (Å²) in [6.45, 7) is 4.79. The van der Waals surface area contributed by atoms with Crippen LogP contribution in [0.3, 0.4) is 0 Å². The maximum absolute atomic E-state index is 5.69. The number of hydrogen-bond acceptors (Lipinski definition) is 2. The van der Waals surface area contributed by atoms with Gasteiger partial charge in [0.1, 0.15) is 5.69 Å². The summed E-state index contributed by atoms with van der Waals surface area (Å²) in [7, 11) is 0. The average Bonchev–Trinajstić information content (AvgIpc) is 3.80. The second-order valence-electron chi connectivity index (χ2n) is 15.7. The molecule has 0 fully saturated rings. The summed E-state index contributed by atoms with van der Waals surface area (Å²) in [6, 6.07) is 57.5. The summed E-state index contributed by atoms with van der Waals surface area (Å²) in [6.07, 6.45) is 0. The molecule has 0 spiro atoms. The van der Waals surface area contributed by atoms with Gasteiger partial charge >= 0.3 is 0 Å². The molecule has 8 aromatic carbocycles. The number of aromatic nitrogens is 4. The minimum Gasteiger partial charge on any atom is -0.308 e. The third-order valence-electron chi connectivity index (χ3n) is 12.6. The molecular formula is C51H32N4. The molecule has 0 saturated heterocycles. The van der Waals surface area contributed by atoms with Crippen LogP contribution in [0.4, 0.5) is 0 Å². The minimum absolute atomic E-state index is 0.273. The number of benzene rings is 8. The van der Waals surface area contributed by atoms with E-state index in [9.17, 15) is 0 Å². The number of hydrogen-bond donors (Lipinski definition) is 0. The molecule has 13 rings (SSSR count). The molecule has 4 nitrogen and oxygen atoms in total. The van der Waals surface area contributed by atoms with E-state index in [1.165, 1.54) is 76.6 Å². The molecule has 0 N–H and O–H groups in total. The van der Waals surface area contributed by atoms with E-state index in [0.29, 0.717) is 0 Å². The molecule has 4 heterocycles. The molecule has 0 radical (unpaired) electrons. The first-order valence-electron chi connectivity index (χ1n) is 19.1. The van der Waals surface area contributed by atoms with E-state index in [2.05, 4.69) is 181 Å². The van der Waals surface area contributed by atoms with Crippen LogP contribution in [0.2, 0.25) is 0 Å². The fraction of sp³-hybridized carbons (Fsp3) is 0.0588. The van der Waals surface area contributed by atoms with Crippen molar-refractivity contribution in [2.45, 2.75) is 19.3 Å². The average molecular weight is 701 g/mol. The second kappa shape index (κ2) is 10.1. The lowest BCUT2D eigenvalue weighted by molar-refractivity contribution is 0.664. The van der Waals surface area contributed by atoms with Crippen LogP contribution >= 0.6 is 0 Å². The standard InChI is InChI=1S/C51H32N4/c1-51(2)38-22-10-8-18-32(38)37-28-36-35-21-12-20-34-33-19-9-11-23-40(33)54(48(34)35)41-24-13-25-42-44(41)43(36)49(45(37)51)55(42)50-46(30-15-4-3-5-16-30)53-47-31-17-7-6-14-29(31)26-27-39(47)52-50/h3-28H,1-2H3. The Bertz CT molecular complexity index is 3620. The van der Waals surface area contributed by atoms with Crippen molar-refractivity contribution in [2.24, 2.45) is 0 Å². The van der Waals surface area contributed by atoms with Gasteiger partial charge in [-0.2, -0.15) is 0 Å². The third-order valence-corrected chi connectivity index (χ3v) is 12.6. The molecule has 0 saturated carbocycles. The molecule has 0 unspecified atom stereocenters. The van der Waals surface area contributed by atoms with E-state index in [4.69, 9.17) is 9.97 Å². The topological polar surface area (TPSA) is 35.1 Å². The molecule has 12 aromatic rings. The van der Waals surface area contributed by atoms with Crippen molar-refractivity contribution in [3.05, 3.63) is 169 Å². The Morgan fingerprint density at radius 1 is 0.491 bits per heavy atom. The van der Waals surface area contributed by atoms with Gasteiger partial charge in [-0.3, -0.25) is 4.57 Å². The first-order valence-corrected chi connectivity index (χ1v) is 19.1. The van der Waals surface area contributed by atoms with Crippen LogP contribution in [0.1, 0.15) is 25.0 Å².